The van der Waals surface area contributed by atoms with Gasteiger partial charge in [-0.05, 0) is 19.1 Å². The highest BCUT2D eigenvalue weighted by atomic mass is 32.1. The number of hydrogen-bond acceptors (Lipinski definition) is 5. The molecule has 0 fully saturated rings. The highest BCUT2D eigenvalue weighted by Crippen LogP contribution is 2.20. The number of aromatic nitrogens is 1. The molecule has 112 valence electrons. The molecule has 0 spiro atoms. The van der Waals surface area contributed by atoms with E-state index in [-0.39, 0.29) is 11.8 Å². The zero-order chi connectivity index (χ0) is 15.2. The summed E-state index contributed by atoms with van der Waals surface area (Å²) >= 11 is 1.59. The monoisotopic (exact) mass is 305 g/mol. The second kappa shape index (κ2) is 7.08. The summed E-state index contributed by atoms with van der Waals surface area (Å²) in [5, 5.41) is 5.84. The van der Waals surface area contributed by atoms with Crippen molar-refractivity contribution in [3.8, 4) is 5.75 Å². The molecule has 1 aromatic carbocycles. The van der Waals surface area contributed by atoms with E-state index < -0.39 is 0 Å². The molecule has 1 amide bonds. The summed E-state index contributed by atoms with van der Waals surface area (Å²) < 4.78 is 5.39. The standard InChI is InChI=1S/C15H19N3O2S/c1-3-20-13-7-11(6-12(16)8-13)14(19)18-9-10(2)15-17-4-5-21-15/h4-8,10H,3,9,16H2,1-2H3,(H,18,19). The first-order chi connectivity index (χ1) is 10.1. The molecule has 1 unspecified atom stereocenters. The van der Waals surface area contributed by atoms with Gasteiger partial charge >= 0.3 is 0 Å². The molecule has 3 N–H and O–H groups in total. The third-order valence-corrected chi connectivity index (χ3v) is 3.95. The first-order valence-electron chi connectivity index (χ1n) is 6.81. The van der Waals surface area contributed by atoms with Crippen molar-refractivity contribution in [2.75, 3.05) is 18.9 Å². The Kier molecular flexibility index (Phi) is 5.16. The van der Waals surface area contributed by atoms with E-state index in [2.05, 4.69) is 10.3 Å². The summed E-state index contributed by atoms with van der Waals surface area (Å²) in [4.78, 5) is 16.4. The fourth-order valence-corrected chi connectivity index (χ4v) is 2.61. The van der Waals surface area contributed by atoms with E-state index in [9.17, 15) is 4.79 Å². The van der Waals surface area contributed by atoms with Gasteiger partial charge in [0.1, 0.15) is 5.75 Å². The van der Waals surface area contributed by atoms with Crippen molar-refractivity contribution in [2.45, 2.75) is 19.8 Å². The largest absolute Gasteiger partial charge is 0.494 e. The number of carbonyl (C=O) groups is 1. The first-order valence-corrected chi connectivity index (χ1v) is 7.69. The van der Waals surface area contributed by atoms with Gasteiger partial charge in [0.25, 0.3) is 5.91 Å². The molecular formula is C15H19N3O2S. The van der Waals surface area contributed by atoms with Crippen LogP contribution in [0, 0.1) is 0 Å². The number of amides is 1. The van der Waals surface area contributed by atoms with Crippen LogP contribution in [0.1, 0.15) is 35.1 Å². The van der Waals surface area contributed by atoms with E-state index in [1.807, 2.05) is 19.2 Å². The molecule has 2 aromatic rings. The lowest BCUT2D eigenvalue weighted by Crippen LogP contribution is -2.27. The molecule has 0 aliphatic carbocycles. The Labute approximate surface area is 128 Å². The fraction of sp³-hybridized carbons (Fsp3) is 0.333. The van der Waals surface area contributed by atoms with Gasteiger partial charge in [-0.15, -0.1) is 11.3 Å². The van der Waals surface area contributed by atoms with Crippen molar-refractivity contribution in [2.24, 2.45) is 0 Å². The lowest BCUT2D eigenvalue weighted by atomic mass is 10.1. The molecular weight excluding hydrogens is 286 g/mol. The minimum absolute atomic E-state index is 0.161. The fourth-order valence-electron chi connectivity index (χ4n) is 1.92. The Morgan fingerprint density at radius 3 is 2.95 bits per heavy atom. The van der Waals surface area contributed by atoms with Gasteiger partial charge in [-0.25, -0.2) is 4.98 Å². The number of ether oxygens (including phenoxy) is 1. The Balaban J connectivity index is 2.00. The summed E-state index contributed by atoms with van der Waals surface area (Å²) in [6.07, 6.45) is 1.77. The molecule has 0 saturated heterocycles. The van der Waals surface area contributed by atoms with Crippen molar-refractivity contribution in [1.82, 2.24) is 10.3 Å². The summed E-state index contributed by atoms with van der Waals surface area (Å²) in [5.41, 5.74) is 6.81. The predicted octanol–water partition coefficient (Wildman–Crippen LogP) is 2.66. The van der Waals surface area contributed by atoms with Crippen LogP contribution in [0.2, 0.25) is 0 Å². The zero-order valence-electron chi connectivity index (χ0n) is 12.1. The van der Waals surface area contributed by atoms with Crippen molar-refractivity contribution in [3.05, 3.63) is 40.3 Å². The second-order valence-corrected chi connectivity index (χ2v) is 5.63. The molecule has 0 aliphatic rings. The van der Waals surface area contributed by atoms with Crippen LogP contribution in [0.5, 0.6) is 5.75 Å². The Bertz CT molecular complexity index is 599. The maximum Gasteiger partial charge on any atom is 0.251 e. The Morgan fingerprint density at radius 2 is 2.29 bits per heavy atom. The number of nitrogen functional groups attached to an aromatic ring is 1. The van der Waals surface area contributed by atoms with Crippen LogP contribution in [0.3, 0.4) is 0 Å². The first kappa shape index (κ1) is 15.3. The normalized spacial score (nSPS) is 11.9. The van der Waals surface area contributed by atoms with Crippen LogP contribution in [-0.2, 0) is 0 Å². The van der Waals surface area contributed by atoms with Crippen LogP contribution < -0.4 is 15.8 Å². The maximum atomic E-state index is 12.2. The lowest BCUT2D eigenvalue weighted by Gasteiger charge is -2.11. The van der Waals surface area contributed by atoms with Gasteiger partial charge in [-0.3, -0.25) is 4.79 Å². The molecule has 0 aliphatic heterocycles. The van der Waals surface area contributed by atoms with Gasteiger partial charge in [-0.1, -0.05) is 6.92 Å². The third kappa shape index (κ3) is 4.19. The maximum absolute atomic E-state index is 12.2. The number of hydrogen-bond donors (Lipinski definition) is 2. The number of rotatable bonds is 6. The molecule has 0 bridgehead atoms. The van der Waals surface area contributed by atoms with Crippen LogP contribution in [0.15, 0.2) is 29.8 Å². The van der Waals surface area contributed by atoms with Crippen LogP contribution in [0.4, 0.5) is 5.69 Å². The predicted molar refractivity (Wildman–Crippen MR) is 84.9 cm³/mol. The second-order valence-electron chi connectivity index (χ2n) is 4.71. The molecule has 2 rings (SSSR count). The van der Waals surface area contributed by atoms with E-state index in [4.69, 9.17) is 10.5 Å². The lowest BCUT2D eigenvalue weighted by molar-refractivity contribution is 0.0951. The topological polar surface area (TPSA) is 77.2 Å². The number of thiazole rings is 1. The summed E-state index contributed by atoms with van der Waals surface area (Å²) in [6, 6.07) is 5.05. The van der Waals surface area contributed by atoms with Crippen molar-refractivity contribution in [1.29, 1.82) is 0 Å². The van der Waals surface area contributed by atoms with Crippen LogP contribution in [0.25, 0.3) is 0 Å². The van der Waals surface area contributed by atoms with E-state index in [1.54, 1.807) is 35.7 Å². The molecule has 6 heteroatoms. The number of carbonyl (C=O) groups excluding carboxylic acids is 1. The van der Waals surface area contributed by atoms with Crippen molar-refractivity contribution < 1.29 is 9.53 Å². The van der Waals surface area contributed by atoms with Gasteiger partial charge in [-0.2, -0.15) is 0 Å². The third-order valence-electron chi connectivity index (χ3n) is 2.94. The van der Waals surface area contributed by atoms with E-state index >= 15 is 0 Å². The van der Waals surface area contributed by atoms with E-state index in [1.165, 1.54) is 0 Å². The number of nitrogens with zero attached hydrogens (tertiary/aromatic N) is 1. The van der Waals surface area contributed by atoms with Gasteiger partial charge < -0.3 is 15.8 Å². The minimum Gasteiger partial charge on any atom is -0.494 e. The number of anilines is 1. The molecule has 1 aromatic heterocycles. The van der Waals surface area contributed by atoms with Gasteiger partial charge in [0.05, 0.1) is 11.6 Å². The minimum atomic E-state index is -0.161. The van der Waals surface area contributed by atoms with E-state index in [0.29, 0.717) is 30.2 Å². The van der Waals surface area contributed by atoms with Crippen LogP contribution in [-0.4, -0.2) is 24.0 Å². The quantitative estimate of drug-likeness (QED) is 0.804. The SMILES string of the molecule is CCOc1cc(N)cc(C(=O)NCC(C)c2nccs2)c1. The molecule has 21 heavy (non-hydrogen) atoms. The molecule has 0 radical (unpaired) electrons. The number of nitrogens with one attached hydrogen (secondary N) is 1. The van der Waals surface area contributed by atoms with Crippen molar-refractivity contribution in [3.63, 3.8) is 0 Å². The molecule has 1 atom stereocenters. The highest BCUT2D eigenvalue weighted by Gasteiger charge is 2.12. The van der Waals surface area contributed by atoms with Gasteiger partial charge in [0.2, 0.25) is 0 Å². The number of benzene rings is 1. The Hall–Kier alpha value is -2.08. The molecule has 0 saturated carbocycles. The zero-order valence-corrected chi connectivity index (χ0v) is 12.9. The average Bonchev–Trinajstić information content (AvgIpc) is 2.98. The average molecular weight is 305 g/mol. The molecule has 1 heterocycles. The van der Waals surface area contributed by atoms with Crippen LogP contribution >= 0.6 is 11.3 Å². The summed E-state index contributed by atoms with van der Waals surface area (Å²) in [7, 11) is 0. The number of nitrogens with two attached hydrogens (primary N) is 1. The highest BCUT2D eigenvalue weighted by molar-refractivity contribution is 7.09. The smallest absolute Gasteiger partial charge is 0.251 e. The summed E-state index contributed by atoms with van der Waals surface area (Å²) in [5.74, 6) is 0.628. The summed E-state index contributed by atoms with van der Waals surface area (Å²) in [6.45, 7) is 4.99. The molecule has 5 nitrogen and oxygen atoms in total. The van der Waals surface area contributed by atoms with Gasteiger partial charge in [0.15, 0.2) is 0 Å². The van der Waals surface area contributed by atoms with Gasteiger partial charge in [0, 0.05) is 41.4 Å². The Morgan fingerprint density at radius 1 is 1.48 bits per heavy atom. The van der Waals surface area contributed by atoms with E-state index in [0.717, 1.165) is 5.01 Å². The van der Waals surface area contributed by atoms with Crippen molar-refractivity contribution >= 4 is 22.9 Å².